The van der Waals surface area contributed by atoms with Crippen molar-refractivity contribution in [1.82, 2.24) is 4.98 Å². The van der Waals surface area contributed by atoms with Gasteiger partial charge in [0.15, 0.2) is 0 Å². The molecule has 82 valence electrons. The van der Waals surface area contributed by atoms with Gasteiger partial charge < -0.3 is 0 Å². The van der Waals surface area contributed by atoms with Gasteiger partial charge >= 0.3 is 0 Å². The third kappa shape index (κ3) is 3.03. The predicted octanol–water partition coefficient (Wildman–Crippen LogP) is 3.28. The van der Waals surface area contributed by atoms with E-state index in [1.54, 1.807) is 18.5 Å². The van der Waals surface area contributed by atoms with Crippen molar-refractivity contribution in [1.29, 1.82) is 0 Å². The maximum Gasteiger partial charge on any atom is 0.142 e. The lowest BCUT2D eigenvalue weighted by Crippen LogP contribution is -2.25. The van der Waals surface area contributed by atoms with Crippen molar-refractivity contribution in [3.8, 4) is 0 Å². The van der Waals surface area contributed by atoms with Crippen LogP contribution >= 0.6 is 11.6 Å². The number of carbonyl (C=O) groups excluding carboxylic acids is 1. The molecule has 0 unspecified atom stereocenters. The Kier molecular flexibility index (Phi) is 3.86. The summed E-state index contributed by atoms with van der Waals surface area (Å²) in [6.45, 7) is 5.95. The molecular weight excluding hydrogens is 210 g/mol. The molecule has 0 bridgehead atoms. The monoisotopic (exact) mass is 225 g/mol. The molecule has 0 aliphatic rings. The minimum atomic E-state index is -0.271. The zero-order valence-electron chi connectivity index (χ0n) is 9.38. The molecule has 0 saturated carbocycles. The Morgan fingerprint density at radius 3 is 2.73 bits per heavy atom. The Labute approximate surface area is 95.7 Å². The predicted molar refractivity (Wildman–Crippen MR) is 62.0 cm³/mol. The molecule has 2 nitrogen and oxygen atoms in total. The van der Waals surface area contributed by atoms with Gasteiger partial charge in [0.2, 0.25) is 0 Å². The van der Waals surface area contributed by atoms with Crippen LogP contribution in [0.1, 0.15) is 32.8 Å². The van der Waals surface area contributed by atoms with Crippen LogP contribution in [0.4, 0.5) is 0 Å². The van der Waals surface area contributed by atoms with Crippen LogP contribution in [-0.4, -0.2) is 10.8 Å². The zero-order valence-corrected chi connectivity index (χ0v) is 10.1. The quantitative estimate of drug-likeness (QED) is 0.787. The van der Waals surface area contributed by atoms with E-state index in [1.807, 2.05) is 20.8 Å². The van der Waals surface area contributed by atoms with Crippen LogP contribution < -0.4 is 0 Å². The molecule has 0 atom stereocenters. The van der Waals surface area contributed by atoms with E-state index in [2.05, 4.69) is 4.98 Å². The van der Waals surface area contributed by atoms with E-state index < -0.39 is 0 Å². The molecule has 0 spiro atoms. The number of nitrogens with zero attached hydrogens (tertiary/aromatic N) is 1. The molecule has 0 saturated heterocycles. The molecule has 0 aromatic carbocycles. The molecule has 1 aromatic rings. The zero-order chi connectivity index (χ0) is 11.5. The number of Topliss-reactive ketones (excluding diaryl/α,β-unsaturated/α-hetero) is 1. The van der Waals surface area contributed by atoms with E-state index in [0.717, 1.165) is 12.0 Å². The first-order valence-corrected chi connectivity index (χ1v) is 5.47. The number of carbonyl (C=O) groups is 1. The average Bonchev–Trinajstić information content (AvgIpc) is 2.21. The fourth-order valence-corrected chi connectivity index (χ4v) is 1.34. The smallest absolute Gasteiger partial charge is 0.142 e. The van der Waals surface area contributed by atoms with Crippen molar-refractivity contribution in [2.24, 2.45) is 5.41 Å². The SMILES string of the molecule is CCC(C)(C)C(=O)Cc1ccncc1Cl. The number of hydrogen-bond donors (Lipinski definition) is 0. The summed E-state index contributed by atoms with van der Waals surface area (Å²) in [7, 11) is 0. The molecule has 0 amide bonds. The van der Waals surface area contributed by atoms with Gasteiger partial charge in [0.05, 0.1) is 5.02 Å². The minimum Gasteiger partial charge on any atom is -0.299 e. The third-order valence-electron chi connectivity index (χ3n) is 2.85. The third-order valence-corrected chi connectivity index (χ3v) is 3.19. The summed E-state index contributed by atoms with van der Waals surface area (Å²) in [6.07, 6.45) is 4.47. The van der Waals surface area contributed by atoms with Gasteiger partial charge in [0, 0.05) is 24.2 Å². The van der Waals surface area contributed by atoms with Gasteiger partial charge in [-0.2, -0.15) is 0 Å². The van der Waals surface area contributed by atoms with Gasteiger partial charge in [-0.3, -0.25) is 9.78 Å². The van der Waals surface area contributed by atoms with Crippen LogP contribution in [0.2, 0.25) is 5.02 Å². The fourth-order valence-electron chi connectivity index (χ4n) is 1.16. The molecule has 0 radical (unpaired) electrons. The molecule has 0 aliphatic carbocycles. The van der Waals surface area contributed by atoms with E-state index in [0.29, 0.717) is 11.4 Å². The van der Waals surface area contributed by atoms with Crippen LogP contribution in [-0.2, 0) is 11.2 Å². The fraction of sp³-hybridized carbons (Fsp3) is 0.500. The van der Waals surface area contributed by atoms with Crippen molar-refractivity contribution in [2.75, 3.05) is 0 Å². The van der Waals surface area contributed by atoms with Crippen molar-refractivity contribution in [3.05, 3.63) is 29.0 Å². The minimum absolute atomic E-state index is 0.220. The number of ketones is 1. The first kappa shape index (κ1) is 12.2. The Morgan fingerprint density at radius 2 is 2.20 bits per heavy atom. The largest absolute Gasteiger partial charge is 0.299 e. The molecule has 1 heterocycles. The highest BCUT2D eigenvalue weighted by Crippen LogP contribution is 2.24. The molecule has 15 heavy (non-hydrogen) atoms. The van der Waals surface area contributed by atoms with Crippen molar-refractivity contribution >= 4 is 17.4 Å². The Hall–Kier alpha value is -0.890. The average molecular weight is 226 g/mol. The van der Waals surface area contributed by atoms with Gasteiger partial charge in [-0.25, -0.2) is 0 Å². The summed E-state index contributed by atoms with van der Waals surface area (Å²) in [4.78, 5) is 15.8. The molecule has 3 heteroatoms. The Balaban J connectivity index is 2.80. The van der Waals surface area contributed by atoms with Crippen molar-refractivity contribution < 1.29 is 4.79 Å². The molecule has 0 aliphatic heterocycles. The van der Waals surface area contributed by atoms with Gasteiger partial charge in [-0.05, 0) is 18.1 Å². The molecule has 0 fully saturated rings. The van der Waals surface area contributed by atoms with Crippen LogP contribution in [0.3, 0.4) is 0 Å². The van der Waals surface area contributed by atoms with E-state index in [9.17, 15) is 4.79 Å². The van der Waals surface area contributed by atoms with Crippen molar-refractivity contribution in [2.45, 2.75) is 33.6 Å². The number of pyridine rings is 1. The van der Waals surface area contributed by atoms with Gasteiger partial charge in [0.25, 0.3) is 0 Å². The lowest BCUT2D eigenvalue weighted by atomic mass is 9.82. The van der Waals surface area contributed by atoms with Gasteiger partial charge in [-0.1, -0.05) is 32.4 Å². The van der Waals surface area contributed by atoms with E-state index in [4.69, 9.17) is 11.6 Å². The number of hydrogen-bond acceptors (Lipinski definition) is 2. The van der Waals surface area contributed by atoms with E-state index >= 15 is 0 Å². The highest BCUT2D eigenvalue weighted by atomic mass is 35.5. The number of halogens is 1. The Bertz CT molecular complexity index is 360. The summed E-state index contributed by atoms with van der Waals surface area (Å²) in [5.41, 5.74) is 0.588. The molecule has 0 N–H and O–H groups in total. The number of rotatable bonds is 4. The maximum absolute atomic E-state index is 11.9. The second-order valence-corrected chi connectivity index (χ2v) is 4.71. The lowest BCUT2D eigenvalue weighted by Gasteiger charge is -2.20. The molecule has 1 aromatic heterocycles. The second-order valence-electron chi connectivity index (χ2n) is 4.30. The highest BCUT2D eigenvalue weighted by molar-refractivity contribution is 6.31. The van der Waals surface area contributed by atoms with Crippen LogP contribution in [0.15, 0.2) is 18.5 Å². The summed E-state index contributed by atoms with van der Waals surface area (Å²) in [5.74, 6) is 0.220. The summed E-state index contributed by atoms with van der Waals surface area (Å²) in [6, 6.07) is 1.80. The first-order chi connectivity index (χ1) is 6.97. The molecular formula is C12H16ClNO. The normalized spacial score (nSPS) is 11.5. The van der Waals surface area contributed by atoms with Gasteiger partial charge in [0.1, 0.15) is 5.78 Å². The standard InChI is InChI=1S/C12H16ClNO/c1-4-12(2,3)11(15)7-9-5-6-14-8-10(9)13/h5-6,8H,4,7H2,1-3H3. The van der Waals surface area contributed by atoms with Crippen LogP contribution in [0.25, 0.3) is 0 Å². The molecule has 1 rings (SSSR count). The second kappa shape index (κ2) is 4.75. The summed E-state index contributed by atoms with van der Waals surface area (Å²) >= 11 is 5.95. The first-order valence-electron chi connectivity index (χ1n) is 5.09. The maximum atomic E-state index is 11.9. The van der Waals surface area contributed by atoms with E-state index in [-0.39, 0.29) is 11.2 Å². The van der Waals surface area contributed by atoms with Crippen molar-refractivity contribution in [3.63, 3.8) is 0 Å². The van der Waals surface area contributed by atoms with E-state index in [1.165, 1.54) is 0 Å². The number of aromatic nitrogens is 1. The highest BCUT2D eigenvalue weighted by Gasteiger charge is 2.25. The Morgan fingerprint density at radius 1 is 1.53 bits per heavy atom. The summed E-state index contributed by atoms with van der Waals surface area (Å²) < 4.78 is 0. The van der Waals surface area contributed by atoms with Crippen LogP contribution in [0.5, 0.6) is 0 Å². The van der Waals surface area contributed by atoms with Gasteiger partial charge in [-0.15, -0.1) is 0 Å². The van der Waals surface area contributed by atoms with Crippen LogP contribution in [0, 0.1) is 5.41 Å². The topological polar surface area (TPSA) is 30.0 Å². The lowest BCUT2D eigenvalue weighted by molar-refractivity contribution is -0.126. The summed E-state index contributed by atoms with van der Waals surface area (Å²) in [5, 5.41) is 0.567.